The van der Waals surface area contributed by atoms with Gasteiger partial charge in [-0.3, -0.25) is 4.89 Å². The number of carbonyl (C=O) groups excluding carboxylic acids is 1. The topological polar surface area (TPSA) is 113 Å². The highest BCUT2D eigenvalue weighted by molar-refractivity contribution is 7.45. The molecule has 0 aliphatic carbocycles. The summed E-state index contributed by atoms with van der Waals surface area (Å²) in [7, 11) is -4.64. The van der Waals surface area contributed by atoms with Crippen LogP contribution in [0.4, 0.5) is 0 Å². The average molecular weight is 346 g/mol. The maximum absolute atomic E-state index is 11.2. The third-order valence-corrected chi connectivity index (χ3v) is 2.58. The van der Waals surface area contributed by atoms with Gasteiger partial charge in [0.2, 0.25) is 0 Å². The Labute approximate surface area is 135 Å². The number of rotatable bonds is 7. The van der Waals surface area contributed by atoms with Gasteiger partial charge in [0.05, 0.1) is 0 Å². The SMILES string of the molecule is C=C(C)C(=O)OOc1ccccc1CCCCC.O=P(O)(O)O. The number of carbonyl (C=O) groups is 1. The van der Waals surface area contributed by atoms with Gasteiger partial charge in [0.1, 0.15) is 0 Å². The Balaban J connectivity index is 0.000000841. The number of para-hydroxylation sites is 1. The summed E-state index contributed by atoms with van der Waals surface area (Å²) >= 11 is 0. The predicted molar refractivity (Wildman–Crippen MR) is 85.5 cm³/mol. The van der Waals surface area contributed by atoms with E-state index in [9.17, 15) is 4.79 Å². The molecule has 0 heterocycles. The minimum atomic E-state index is -4.64. The molecule has 7 nitrogen and oxygen atoms in total. The molecule has 0 amide bonds. The first kappa shape index (κ1) is 21.3. The van der Waals surface area contributed by atoms with E-state index in [0.717, 1.165) is 18.4 Å². The summed E-state index contributed by atoms with van der Waals surface area (Å²) in [5, 5.41) is 0. The number of phosphoric acid groups is 1. The molecule has 1 aromatic carbocycles. The molecule has 130 valence electrons. The maximum atomic E-state index is 11.2. The standard InChI is InChI=1S/C15H20O3.H3O4P/c1-4-5-6-9-13-10-7-8-11-14(13)17-18-15(16)12(2)3;1-5(2,3)4/h7-8,10-11H,2,4-6,9H2,1,3H3;(H3,1,2,3,4). The Kier molecular flexibility index (Phi) is 10.2. The molecule has 8 heteroatoms. The highest BCUT2D eigenvalue weighted by Gasteiger charge is 2.08. The van der Waals surface area contributed by atoms with Crippen molar-refractivity contribution in [2.24, 2.45) is 0 Å². The Morgan fingerprint density at radius 1 is 1.22 bits per heavy atom. The molecule has 0 unspecified atom stereocenters. The van der Waals surface area contributed by atoms with Crippen molar-refractivity contribution in [3.63, 3.8) is 0 Å². The maximum Gasteiger partial charge on any atom is 0.466 e. The molecule has 3 N–H and O–H groups in total. The molecule has 0 aliphatic rings. The van der Waals surface area contributed by atoms with E-state index in [4.69, 9.17) is 29.0 Å². The molecule has 23 heavy (non-hydrogen) atoms. The third-order valence-electron chi connectivity index (χ3n) is 2.58. The van der Waals surface area contributed by atoms with Crippen LogP contribution >= 0.6 is 7.82 Å². The van der Waals surface area contributed by atoms with Crippen molar-refractivity contribution in [3.05, 3.63) is 42.0 Å². The average Bonchev–Trinajstić information content (AvgIpc) is 2.44. The second-order valence-electron chi connectivity index (χ2n) is 4.81. The van der Waals surface area contributed by atoms with Crippen LogP contribution in [0.3, 0.4) is 0 Å². The minimum Gasteiger partial charge on any atom is -0.303 e. The lowest BCUT2D eigenvalue weighted by atomic mass is 10.1. The van der Waals surface area contributed by atoms with Crippen molar-refractivity contribution < 1.29 is 33.8 Å². The molecule has 1 aromatic rings. The lowest BCUT2D eigenvalue weighted by molar-refractivity contribution is -0.208. The van der Waals surface area contributed by atoms with Crippen molar-refractivity contribution in [1.82, 2.24) is 0 Å². The summed E-state index contributed by atoms with van der Waals surface area (Å²) in [5.41, 5.74) is 1.37. The minimum absolute atomic E-state index is 0.318. The zero-order valence-corrected chi connectivity index (χ0v) is 14.2. The quantitative estimate of drug-likeness (QED) is 0.229. The summed E-state index contributed by atoms with van der Waals surface area (Å²) in [5.74, 6) is 0.0570. The van der Waals surface area contributed by atoms with E-state index < -0.39 is 13.8 Å². The van der Waals surface area contributed by atoms with Crippen LogP contribution in [0.2, 0.25) is 0 Å². The fraction of sp³-hybridized carbons (Fsp3) is 0.400. The second-order valence-corrected chi connectivity index (χ2v) is 5.84. The predicted octanol–water partition coefficient (Wildman–Crippen LogP) is 2.90. The largest absolute Gasteiger partial charge is 0.466 e. The Morgan fingerprint density at radius 2 is 1.78 bits per heavy atom. The van der Waals surface area contributed by atoms with Crippen molar-refractivity contribution in [1.29, 1.82) is 0 Å². The highest BCUT2D eigenvalue weighted by atomic mass is 31.2. The van der Waals surface area contributed by atoms with Gasteiger partial charge in [0.25, 0.3) is 0 Å². The van der Waals surface area contributed by atoms with Crippen LogP contribution in [0.5, 0.6) is 5.75 Å². The number of aryl methyl sites for hydroxylation is 1. The molecule has 1 rings (SSSR count). The van der Waals surface area contributed by atoms with Crippen LogP contribution in [-0.2, 0) is 20.7 Å². The molecule has 0 atom stereocenters. The lowest BCUT2D eigenvalue weighted by Crippen LogP contribution is -2.09. The van der Waals surface area contributed by atoms with Gasteiger partial charge in [-0.25, -0.2) is 14.2 Å². The third kappa shape index (κ3) is 12.6. The molecule has 0 spiro atoms. The van der Waals surface area contributed by atoms with E-state index in [0.29, 0.717) is 11.3 Å². The zero-order valence-electron chi connectivity index (χ0n) is 13.3. The van der Waals surface area contributed by atoms with E-state index >= 15 is 0 Å². The Hall–Kier alpha value is -1.66. The summed E-state index contributed by atoms with van der Waals surface area (Å²) in [6.45, 7) is 7.24. The van der Waals surface area contributed by atoms with Crippen LogP contribution < -0.4 is 4.89 Å². The van der Waals surface area contributed by atoms with E-state index in [1.165, 1.54) is 12.8 Å². The van der Waals surface area contributed by atoms with Gasteiger partial charge in [-0.15, -0.1) is 0 Å². The van der Waals surface area contributed by atoms with Gasteiger partial charge >= 0.3 is 13.8 Å². The summed E-state index contributed by atoms with van der Waals surface area (Å²) in [6, 6.07) is 7.59. The number of benzene rings is 1. The molecule has 0 saturated carbocycles. The molecule has 0 aromatic heterocycles. The first-order chi connectivity index (χ1) is 10.6. The van der Waals surface area contributed by atoms with E-state index in [-0.39, 0.29) is 0 Å². The molecule has 0 radical (unpaired) electrons. The molecule has 0 aliphatic heterocycles. The summed E-state index contributed by atoms with van der Waals surface area (Å²) in [4.78, 5) is 42.6. The van der Waals surface area contributed by atoms with E-state index in [1.807, 2.05) is 18.2 Å². The lowest BCUT2D eigenvalue weighted by Gasteiger charge is -2.09. The van der Waals surface area contributed by atoms with Gasteiger partial charge < -0.3 is 14.7 Å². The Bertz CT molecular complexity index is 542. The highest BCUT2D eigenvalue weighted by Crippen LogP contribution is 2.25. The van der Waals surface area contributed by atoms with Crippen LogP contribution in [0, 0.1) is 0 Å². The zero-order chi connectivity index (χ0) is 17.9. The van der Waals surface area contributed by atoms with Crippen LogP contribution in [0.25, 0.3) is 0 Å². The number of hydrogen-bond acceptors (Lipinski definition) is 4. The fourth-order valence-electron chi connectivity index (χ4n) is 1.51. The molecular formula is C15H23O7P. The van der Waals surface area contributed by atoms with Gasteiger partial charge in [-0.1, -0.05) is 44.5 Å². The normalized spacial score (nSPS) is 10.3. The monoisotopic (exact) mass is 346 g/mol. The van der Waals surface area contributed by atoms with Crippen LogP contribution in [0.15, 0.2) is 36.4 Å². The molecule has 0 fully saturated rings. The number of unbranched alkanes of at least 4 members (excludes halogenated alkanes) is 2. The van der Waals surface area contributed by atoms with Gasteiger partial charge in [0, 0.05) is 5.57 Å². The fourth-order valence-corrected chi connectivity index (χ4v) is 1.51. The van der Waals surface area contributed by atoms with Crippen LogP contribution in [-0.4, -0.2) is 20.6 Å². The second kappa shape index (κ2) is 11.0. The van der Waals surface area contributed by atoms with Crippen molar-refractivity contribution >= 4 is 13.8 Å². The molecule has 0 saturated heterocycles. The van der Waals surface area contributed by atoms with E-state index in [1.54, 1.807) is 13.0 Å². The first-order valence-corrected chi connectivity index (χ1v) is 8.62. The van der Waals surface area contributed by atoms with Crippen molar-refractivity contribution in [2.75, 3.05) is 0 Å². The van der Waals surface area contributed by atoms with Gasteiger partial charge in [-0.05, 0) is 31.4 Å². The van der Waals surface area contributed by atoms with Crippen LogP contribution in [0.1, 0.15) is 38.7 Å². The van der Waals surface area contributed by atoms with Gasteiger partial charge in [-0.2, -0.15) is 0 Å². The smallest absolute Gasteiger partial charge is 0.303 e. The first-order valence-electron chi connectivity index (χ1n) is 7.05. The molecule has 0 bridgehead atoms. The summed E-state index contributed by atoms with van der Waals surface area (Å²) < 4.78 is 8.88. The van der Waals surface area contributed by atoms with Gasteiger partial charge in [0.15, 0.2) is 5.75 Å². The summed E-state index contributed by atoms with van der Waals surface area (Å²) in [6.07, 6.45) is 4.38. The van der Waals surface area contributed by atoms with Crippen molar-refractivity contribution in [3.8, 4) is 5.75 Å². The Morgan fingerprint density at radius 3 is 2.30 bits per heavy atom. The molecular weight excluding hydrogens is 323 g/mol. The van der Waals surface area contributed by atoms with E-state index in [2.05, 4.69) is 13.5 Å². The van der Waals surface area contributed by atoms with Crippen molar-refractivity contribution in [2.45, 2.75) is 39.5 Å². The number of hydrogen-bond donors (Lipinski definition) is 3.